The number of ether oxygens (including phenoxy) is 1. The second-order valence-corrected chi connectivity index (χ2v) is 8.17. The van der Waals surface area contributed by atoms with E-state index in [1.165, 1.54) is 44.3 Å². The molecule has 1 atom stereocenters. The second-order valence-electron chi connectivity index (χ2n) is 7.19. The van der Waals surface area contributed by atoms with Gasteiger partial charge in [-0.3, -0.25) is 0 Å². The molecular formula is C17H34N2O2S. The van der Waals surface area contributed by atoms with Gasteiger partial charge in [-0.15, -0.1) is 0 Å². The van der Waals surface area contributed by atoms with Crippen molar-refractivity contribution in [1.82, 2.24) is 10.6 Å². The molecule has 0 radical (unpaired) electrons. The zero-order valence-electron chi connectivity index (χ0n) is 14.7. The van der Waals surface area contributed by atoms with Crippen molar-refractivity contribution in [2.45, 2.75) is 70.9 Å². The summed E-state index contributed by atoms with van der Waals surface area (Å²) in [5.74, 6) is 1.92. The van der Waals surface area contributed by atoms with Gasteiger partial charge in [0.2, 0.25) is 0 Å². The van der Waals surface area contributed by atoms with Crippen LogP contribution in [0.3, 0.4) is 0 Å². The highest BCUT2D eigenvalue weighted by Crippen LogP contribution is 2.27. The van der Waals surface area contributed by atoms with Crippen molar-refractivity contribution >= 4 is 17.9 Å². The Balaban J connectivity index is 2.33. The number of nitrogens with one attached hydrogen (secondary N) is 2. The molecular weight excluding hydrogens is 296 g/mol. The molecule has 0 spiro atoms. The third-order valence-electron chi connectivity index (χ3n) is 4.02. The molecule has 1 aliphatic rings. The van der Waals surface area contributed by atoms with Gasteiger partial charge in [0.15, 0.2) is 0 Å². The number of amides is 1. The van der Waals surface area contributed by atoms with Crippen LogP contribution >= 0.6 is 11.8 Å². The summed E-state index contributed by atoms with van der Waals surface area (Å²) >= 11 is 1.90. The monoisotopic (exact) mass is 330 g/mol. The summed E-state index contributed by atoms with van der Waals surface area (Å²) in [4.78, 5) is 11.8. The van der Waals surface area contributed by atoms with E-state index in [1.807, 2.05) is 32.5 Å². The van der Waals surface area contributed by atoms with Crippen LogP contribution in [0.2, 0.25) is 0 Å². The fraction of sp³-hybridized carbons (Fsp3) is 0.941. The molecule has 0 aromatic rings. The Hall–Kier alpha value is -0.420. The van der Waals surface area contributed by atoms with E-state index in [1.54, 1.807) is 0 Å². The van der Waals surface area contributed by atoms with Crippen LogP contribution in [0.15, 0.2) is 0 Å². The summed E-state index contributed by atoms with van der Waals surface area (Å²) in [5, 5.41) is 6.60. The smallest absolute Gasteiger partial charge is 0.407 e. The van der Waals surface area contributed by atoms with Gasteiger partial charge in [-0.2, -0.15) is 11.8 Å². The first-order valence-electron chi connectivity index (χ1n) is 8.61. The summed E-state index contributed by atoms with van der Waals surface area (Å²) in [7, 11) is 0. The molecule has 0 aliphatic heterocycles. The van der Waals surface area contributed by atoms with Crippen LogP contribution in [0.1, 0.15) is 59.3 Å². The van der Waals surface area contributed by atoms with Crippen molar-refractivity contribution in [3.05, 3.63) is 0 Å². The molecule has 4 nitrogen and oxygen atoms in total. The predicted octanol–water partition coefficient (Wildman–Crippen LogP) is 3.80. The summed E-state index contributed by atoms with van der Waals surface area (Å²) in [6.07, 6.45) is 9.50. The number of thioether (sulfide) groups is 1. The minimum Gasteiger partial charge on any atom is -0.444 e. The third-order valence-corrected chi connectivity index (χ3v) is 4.71. The quantitative estimate of drug-likeness (QED) is 0.631. The van der Waals surface area contributed by atoms with E-state index in [9.17, 15) is 4.79 Å². The molecule has 0 aromatic carbocycles. The first kappa shape index (κ1) is 19.6. The maximum atomic E-state index is 11.8. The lowest BCUT2D eigenvalue weighted by molar-refractivity contribution is 0.0518. The average Bonchev–Trinajstić information content (AvgIpc) is 2.93. The number of hydrogen-bond acceptors (Lipinski definition) is 4. The minimum atomic E-state index is -0.432. The molecule has 0 aromatic heterocycles. The largest absolute Gasteiger partial charge is 0.444 e. The first-order chi connectivity index (χ1) is 10.4. The molecule has 22 heavy (non-hydrogen) atoms. The molecule has 1 aliphatic carbocycles. The van der Waals surface area contributed by atoms with Crippen molar-refractivity contribution in [3.8, 4) is 0 Å². The number of carbonyl (C=O) groups is 1. The molecule has 1 amide bonds. The average molecular weight is 331 g/mol. The number of carbonyl (C=O) groups excluding carboxylic acids is 1. The van der Waals surface area contributed by atoms with Crippen LogP contribution in [-0.4, -0.2) is 42.8 Å². The Morgan fingerprint density at radius 1 is 1.27 bits per heavy atom. The lowest BCUT2D eigenvalue weighted by atomic mass is 9.98. The Morgan fingerprint density at radius 3 is 2.55 bits per heavy atom. The van der Waals surface area contributed by atoms with Crippen LogP contribution in [-0.2, 0) is 4.74 Å². The molecule has 1 fully saturated rings. The summed E-state index contributed by atoms with van der Waals surface area (Å²) < 4.78 is 5.33. The van der Waals surface area contributed by atoms with Gasteiger partial charge < -0.3 is 15.4 Å². The molecule has 0 bridgehead atoms. The van der Waals surface area contributed by atoms with E-state index in [0.717, 1.165) is 6.54 Å². The molecule has 0 heterocycles. The molecule has 1 saturated carbocycles. The topological polar surface area (TPSA) is 50.4 Å². The zero-order valence-corrected chi connectivity index (χ0v) is 15.6. The lowest BCUT2D eigenvalue weighted by Gasteiger charge is -2.26. The van der Waals surface area contributed by atoms with Gasteiger partial charge in [0, 0.05) is 12.6 Å². The molecule has 2 N–H and O–H groups in total. The Labute approximate surface area is 140 Å². The maximum absolute atomic E-state index is 11.8. The van der Waals surface area contributed by atoms with Crippen molar-refractivity contribution in [2.24, 2.45) is 5.92 Å². The van der Waals surface area contributed by atoms with Crippen molar-refractivity contribution in [1.29, 1.82) is 0 Å². The van der Waals surface area contributed by atoms with Gasteiger partial charge in [-0.25, -0.2) is 4.79 Å². The van der Waals surface area contributed by atoms with Gasteiger partial charge in [-0.05, 0) is 70.9 Å². The van der Waals surface area contributed by atoms with Gasteiger partial charge in [0.25, 0.3) is 0 Å². The van der Waals surface area contributed by atoms with Crippen LogP contribution < -0.4 is 10.6 Å². The van der Waals surface area contributed by atoms with Gasteiger partial charge in [0.05, 0.1) is 0 Å². The van der Waals surface area contributed by atoms with Crippen LogP contribution in [0.4, 0.5) is 4.79 Å². The Kier molecular flexibility index (Phi) is 9.25. The fourth-order valence-electron chi connectivity index (χ4n) is 2.93. The van der Waals surface area contributed by atoms with E-state index in [0.29, 0.717) is 18.5 Å². The number of hydrogen-bond donors (Lipinski definition) is 2. The predicted molar refractivity (Wildman–Crippen MR) is 95.6 cm³/mol. The molecule has 0 saturated heterocycles. The van der Waals surface area contributed by atoms with Crippen molar-refractivity contribution < 1.29 is 9.53 Å². The van der Waals surface area contributed by atoms with Gasteiger partial charge in [0.1, 0.15) is 5.60 Å². The number of unbranched alkanes of at least 4 members (excludes halogenated alkanes) is 1. The van der Waals surface area contributed by atoms with E-state index in [2.05, 4.69) is 16.9 Å². The maximum Gasteiger partial charge on any atom is 0.407 e. The van der Waals surface area contributed by atoms with Crippen LogP contribution in [0.5, 0.6) is 0 Å². The Morgan fingerprint density at radius 2 is 1.95 bits per heavy atom. The van der Waals surface area contributed by atoms with E-state index in [4.69, 9.17) is 4.74 Å². The van der Waals surface area contributed by atoms with Crippen LogP contribution in [0, 0.1) is 5.92 Å². The fourth-order valence-corrected chi connectivity index (χ4v) is 3.42. The normalized spacial score (nSPS) is 17.5. The molecule has 1 unspecified atom stereocenters. The molecule has 1 rings (SSSR count). The third kappa shape index (κ3) is 8.89. The zero-order chi connectivity index (χ0) is 16.4. The highest BCUT2D eigenvalue weighted by Gasteiger charge is 2.25. The molecule has 5 heteroatoms. The van der Waals surface area contributed by atoms with E-state index in [-0.39, 0.29) is 6.09 Å². The minimum absolute atomic E-state index is 0.306. The van der Waals surface area contributed by atoms with Crippen molar-refractivity contribution in [2.75, 3.05) is 25.1 Å². The highest BCUT2D eigenvalue weighted by molar-refractivity contribution is 7.98. The SMILES string of the molecule is CSCCCCNC(CNC(=O)OC(C)(C)C)C1CCCC1. The summed E-state index contributed by atoms with van der Waals surface area (Å²) in [5.41, 5.74) is -0.432. The van der Waals surface area contributed by atoms with Crippen LogP contribution in [0.25, 0.3) is 0 Å². The van der Waals surface area contributed by atoms with E-state index >= 15 is 0 Å². The molecule has 130 valence electrons. The van der Waals surface area contributed by atoms with E-state index < -0.39 is 5.60 Å². The standard InChI is InChI=1S/C17H34N2O2S/c1-17(2,3)21-16(20)19-13-15(14-9-5-6-10-14)18-11-7-8-12-22-4/h14-15,18H,5-13H2,1-4H3,(H,19,20). The van der Waals surface area contributed by atoms with Gasteiger partial charge in [-0.1, -0.05) is 12.8 Å². The van der Waals surface area contributed by atoms with Gasteiger partial charge >= 0.3 is 6.09 Å². The Bertz CT molecular complexity index is 312. The highest BCUT2D eigenvalue weighted by atomic mass is 32.2. The summed E-state index contributed by atoms with van der Waals surface area (Å²) in [6.45, 7) is 7.39. The first-order valence-corrected chi connectivity index (χ1v) is 10.0. The second kappa shape index (κ2) is 10.4. The lowest BCUT2D eigenvalue weighted by Crippen LogP contribution is -2.46. The number of rotatable bonds is 9. The summed E-state index contributed by atoms with van der Waals surface area (Å²) in [6, 6.07) is 0.379. The van der Waals surface area contributed by atoms with Crippen molar-refractivity contribution in [3.63, 3.8) is 0 Å². The number of alkyl carbamates (subject to hydrolysis) is 1.